The van der Waals surface area contributed by atoms with E-state index >= 15 is 0 Å². The first-order chi connectivity index (χ1) is 26.3. The van der Waals surface area contributed by atoms with Gasteiger partial charge < -0.3 is 4.57 Å². The van der Waals surface area contributed by atoms with Gasteiger partial charge in [-0.25, -0.2) is 9.97 Å². The number of para-hydroxylation sites is 1. The minimum absolute atomic E-state index is 0.725. The normalized spacial score (nSPS) is 11.8. The molecular formula is C50H31N3. The number of hydrogen-bond donors (Lipinski definition) is 0. The number of hydrogen-bond acceptors (Lipinski definition) is 2. The van der Waals surface area contributed by atoms with Gasteiger partial charge in [0.1, 0.15) is 0 Å². The molecule has 0 saturated heterocycles. The van der Waals surface area contributed by atoms with Gasteiger partial charge in [-0.2, -0.15) is 0 Å². The second-order valence-electron chi connectivity index (χ2n) is 13.7. The van der Waals surface area contributed by atoms with Crippen molar-refractivity contribution in [2.45, 2.75) is 0 Å². The molecule has 0 saturated carbocycles. The Morgan fingerprint density at radius 1 is 0.358 bits per heavy atom. The van der Waals surface area contributed by atoms with Crippen LogP contribution in [0, 0.1) is 0 Å². The van der Waals surface area contributed by atoms with Crippen LogP contribution in [0.4, 0.5) is 0 Å². The molecule has 53 heavy (non-hydrogen) atoms. The molecule has 2 aromatic heterocycles. The maximum atomic E-state index is 5.23. The van der Waals surface area contributed by atoms with Crippen molar-refractivity contribution in [1.82, 2.24) is 14.5 Å². The highest BCUT2D eigenvalue weighted by Crippen LogP contribution is 2.44. The molecular weight excluding hydrogens is 643 g/mol. The van der Waals surface area contributed by atoms with Crippen molar-refractivity contribution >= 4 is 65.0 Å². The molecule has 11 aromatic rings. The van der Waals surface area contributed by atoms with Gasteiger partial charge in [-0.3, -0.25) is 0 Å². The number of rotatable bonds is 4. The summed E-state index contributed by atoms with van der Waals surface area (Å²) in [7, 11) is 0. The summed E-state index contributed by atoms with van der Waals surface area (Å²) in [5.41, 5.74) is 9.91. The van der Waals surface area contributed by atoms with Gasteiger partial charge in [0.05, 0.1) is 22.2 Å². The molecule has 246 valence electrons. The lowest BCUT2D eigenvalue weighted by molar-refractivity contribution is 1.19. The van der Waals surface area contributed by atoms with Crippen LogP contribution in [0.5, 0.6) is 0 Å². The summed E-state index contributed by atoms with van der Waals surface area (Å²) in [5, 5.41) is 10.9. The predicted octanol–water partition coefficient (Wildman–Crippen LogP) is 13.2. The summed E-state index contributed by atoms with van der Waals surface area (Å²) in [4.78, 5) is 10.3. The van der Waals surface area contributed by atoms with E-state index in [0.29, 0.717) is 0 Å². The van der Waals surface area contributed by atoms with Gasteiger partial charge in [0.25, 0.3) is 0 Å². The zero-order chi connectivity index (χ0) is 34.9. The van der Waals surface area contributed by atoms with Crippen molar-refractivity contribution < 1.29 is 0 Å². The SMILES string of the molecule is c1ccc(-c2nc(-c3cccc4cc(-n5c6ccc7ccccc7c6c6c7ccccc7c(-c7ccccc7)cc65)ccc34)nc3ccccc23)cc1. The number of fused-ring (bicyclic) bond motifs is 9. The van der Waals surface area contributed by atoms with Gasteiger partial charge >= 0.3 is 0 Å². The van der Waals surface area contributed by atoms with Crippen molar-refractivity contribution in [1.29, 1.82) is 0 Å². The number of nitrogens with zero attached hydrogens (tertiary/aromatic N) is 3. The standard InChI is InChI=1S/C50H31N3/c1-3-14-32(15-4-1)43-31-46-48(40-22-10-9-21-39(40)43)47-38-20-8-7-16-33(38)26-29-45(47)53(46)36-27-28-37-35(30-36)19-13-24-41(37)50-51-44-25-12-11-23-42(44)49(52-50)34-17-5-2-6-18-34/h1-31H. The molecule has 0 fully saturated rings. The highest BCUT2D eigenvalue weighted by molar-refractivity contribution is 6.30. The minimum Gasteiger partial charge on any atom is -0.309 e. The third kappa shape index (κ3) is 4.61. The molecule has 11 rings (SSSR count). The van der Waals surface area contributed by atoms with Crippen molar-refractivity contribution in [2.24, 2.45) is 0 Å². The smallest absolute Gasteiger partial charge is 0.161 e. The van der Waals surface area contributed by atoms with Crippen molar-refractivity contribution in [2.75, 3.05) is 0 Å². The highest BCUT2D eigenvalue weighted by Gasteiger charge is 2.20. The molecule has 9 aromatic carbocycles. The summed E-state index contributed by atoms with van der Waals surface area (Å²) in [6, 6.07) is 67.4. The minimum atomic E-state index is 0.725. The van der Waals surface area contributed by atoms with Gasteiger partial charge in [0, 0.05) is 33.0 Å². The first-order valence-electron chi connectivity index (χ1n) is 18.1. The van der Waals surface area contributed by atoms with Crippen LogP contribution >= 0.6 is 0 Å². The van der Waals surface area contributed by atoms with E-state index in [2.05, 4.69) is 180 Å². The molecule has 0 aliphatic rings. The topological polar surface area (TPSA) is 30.7 Å². The highest BCUT2D eigenvalue weighted by atomic mass is 15.0. The third-order valence-electron chi connectivity index (χ3n) is 10.8. The van der Waals surface area contributed by atoms with Gasteiger partial charge in [0.15, 0.2) is 5.82 Å². The third-order valence-corrected chi connectivity index (χ3v) is 10.8. The van der Waals surface area contributed by atoms with Crippen molar-refractivity contribution in [3.8, 4) is 39.5 Å². The molecule has 3 heteroatoms. The maximum Gasteiger partial charge on any atom is 0.161 e. The van der Waals surface area contributed by atoms with E-state index < -0.39 is 0 Å². The molecule has 0 radical (unpaired) electrons. The Labute approximate surface area is 306 Å². The number of aromatic nitrogens is 3. The van der Waals surface area contributed by atoms with E-state index in [0.717, 1.165) is 50.0 Å². The lowest BCUT2D eigenvalue weighted by Crippen LogP contribution is -1.97. The van der Waals surface area contributed by atoms with E-state index in [1.165, 1.54) is 54.5 Å². The zero-order valence-corrected chi connectivity index (χ0v) is 28.7. The molecule has 0 bridgehead atoms. The van der Waals surface area contributed by atoms with Crippen molar-refractivity contribution in [3.05, 3.63) is 188 Å². The summed E-state index contributed by atoms with van der Waals surface area (Å²) in [5.74, 6) is 0.725. The van der Waals surface area contributed by atoms with E-state index in [9.17, 15) is 0 Å². The van der Waals surface area contributed by atoms with E-state index in [1.54, 1.807) is 0 Å². The molecule has 0 aliphatic heterocycles. The molecule has 0 unspecified atom stereocenters. The fourth-order valence-electron chi connectivity index (χ4n) is 8.39. The van der Waals surface area contributed by atoms with Gasteiger partial charge in [0.2, 0.25) is 0 Å². The fraction of sp³-hybridized carbons (Fsp3) is 0. The summed E-state index contributed by atoms with van der Waals surface area (Å²) in [6.45, 7) is 0. The lowest BCUT2D eigenvalue weighted by atomic mass is 9.94. The first kappa shape index (κ1) is 29.6. The Kier molecular flexibility index (Phi) is 6.55. The maximum absolute atomic E-state index is 5.23. The molecule has 3 nitrogen and oxygen atoms in total. The van der Waals surface area contributed by atoms with E-state index in [4.69, 9.17) is 9.97 Å². The molecule has 2 heterocycles. The van der Waals surface area contributed by atoms with E-state index in [1.807, 2.05) is 12.1 Å². The van der Waals surface area contributed by atoms with Crippen LogP contribution in [0.3, 0.4) is 0 Å². The lowest BCUT2D eigenvalue weighted by Gasteiger charge is -2.14. The Bertz CT molecular complexity index is 3210. The fourth-order valence-corrected chi connectivity index (χ4v) is 8.39. The largest absolute Gasteiger partial charge is 0.309 e. The van der Waals surface area contributed by atoms with Gasteiger partial charge in [-0.15, -0.1) is 0 Å². The monoisotopic (exact) mass is 673 g/mol. The van der Waals surface area contributed by atoms with Crippen molar-refractivity contribution in [3.63, 3.8) is 0 Å². The Balaban J connectivity index is 1.19. The van der Waals surface area contributed by atoms with Crippen LogP contribution in [-0.2, 0) is 0 Å². The van der Waals surface area contributed by atoms with Crippen LogP contribution in [0.15, 0.2) is 188 Å². The number of benzene rings is 9. The molecule has 0 aliphatic carbocycles. The molecule has 0 spiro atoms. The predicted molar refractivity (Wildman–Crippen MR) is 223 cm³/mol. The summed E-state index contributed by atoms with van der Waals surface area (Å²) in [6.07, 6.45) is 0. The van der Waals surface area contributed by atoms with E-state index in [-0.39, 0.29) is 0 Å². The van der Waals surface area contributed by atoms with Gasteiger partial charge in [-0.05, 0) is 73.8 Å². The first-order valence-corrected chi connectivity index (χ1v) is 18.1. The average Bonchev–Trinajstić information content (AvgIpc) is 3.58. The van der Waals surface area contributed by atoms with Gasteiger partial charge in [-0.1, -0.05) is 158 Å². The molecule has 0 atom stereocenters. The quantitative estimate of drug-likeness (QED) is 0.186. The Hall–Kier alpha value is -7.10. The van der Waals surface area contributed by atoms with Crippen LogP contribution in [0.1, 0.15) is 0 Å². The summed E-state index contributed by atoms with van der Waals surface area (Å²) >= 11 is 0. The van der Waals surface area contributed by atoms with Crippen LogP contribution in [0.25, 0.3) is 104 Å². The molecule has 0 amide bonds. The second-order valence-corrected chi connectivity index (χ2v) is 13.7. The van der Waals surface area contributed by atoms with Crippen LogP contribution in [-0.4, -0.2) is 14.5 Å². The zero-order valence-electron chi connectivity index (χ0n) is 28.7. The van der Waals surface area contributed by atoms with Crippen LogP contribution in [0.2, 0.25) is 0 Å². The average molecular weight is 674 g/mol. The summed E-state index contributed by atoms with van der Waals surface area (Å²) < 4.78 is 2.46. The Morgan fingerprint density at radius 2 is 1.02 bits per heavy atom. The van der Waals surface area contributed by atoms with Crippen LogP contribution < -0.4 is 0 Å². The second kappa shape index (κ2) is 11.7. The Morgan fingerprint density at radius 3 is 1.85 bits per heavy atom. The molecule has 0 N–H and O–H groups in total.